The monoisotopic (exact) mass is 240 g/mol. The molecule has 0 unspecified atom stereocenters. The molecule has 88 valence electrons. The molecule has 0 amide bonds. The standard InChI is InChI=1S/C12H17FN2S/c1-9(2)15(8-12(14)16)7-10-5-3-4-6-11(10)13/h3-6,9H,7-8H2,1-2H3,(H2,14,16). The zero-order valence-electron chi connectivity index (χ0n) is 9.61. The predicted molar refractivity (Wildman–Crippen MR) is 68.7 cm³/mol. The fraction of sp³-hybridized carbons (Fsp3) is 0.417. The van der Waals surface area contributed by atoms with E-state index in [-0.39, 0.29) is 11.9 Å². The van der Waals surface area contributed by atoms with Gasteiger partial charge in [-0.1, -0.05) is 30.4 Å². The molecule has 0 heterocycles. The van der Waals surface area contributed by atoms with Crippen LogP contribution in [0.2, 0.25) is 0 Å². The van der Waals surface area contributed by atoms with Crippen LogP contribution in [-0.4, -0.2) is 22.5 Å². The van der Waals surface area contributed by atoms with E-state index in [0.29, 0.717) is 23.6 Å². The second-order valence-corrected chi connectivity index (χ2v) is 4.58. The molecule has 0 atom stereocenters. The van der Waals surface area contributed by atoms with Gasteiger partial charge in [-0.05, 0) is 19.9 Å². The van der Waals surface area contributed by atoms with E-state index in [9.17, 15) is 4.39 Å². The maximum Gasteiger partial charge on any atom is 0.127 e. The van der Waals surface area contributed by atoms with Crippen molar-refractivity contribution >= 4 is 17.2 Å². The van der Waals surface area contributed by atoms with Crippen molar-refractivity contribution in [3.8, 4) is 0 Å². The van der Waals surface area contributed by atoms with E-state index < -0.39 is 0 Å². The quantitative estimate of drug-likeness (QED) is 0.801. The Morgan fingerprint density at radius 2 is 2.06 bits per heavy atom. The summed E-state index contributed by atoms with van der Waals surface area (Å²) < 4.78 is 13.5. The summed E-state index contributed by atoms with van der Waals surface area (Å²) in [5.41, 5.74) is 6.19. The van der Waals surface area contributed by atoms with Gasteiger partial charge in [-0.15, -0.1) is 0 Å². The molecular weight excluding hydrogens is 223 g/mol. The van der Waals surface area contributed by atoms with Crippen molar-refractivity contribution in [3.63, 3.8) is 0 Å². The molecule has 0 saturated carbocycles. The lowest BCUT2D eigenvalue weighted by Crippen LogP contribution is -2.37. The molecule has 0 fully saturated rings. The molecule has 2 nitrogen and oxygen atoms in total. The number of benzene rings is 1. The molecule has 1 aromatic rings. The van der Waals surface area contributed by atoms with E-state index in [1.165, 1.54) is 6.07 Å². The molecule has 0 spiro atoms. The molecule has 0 bridgehead atoms. The summed E-state index contributed by atoms with van der Waals surface area (Å²) in [7, 11) is 0. The van der Waals surface area contributed by atoms with Crippen LogP contribution in [0, 0.1) is 5.82 Å². The molecule has 1 rings (SSSR count). The largest absolute Gasteiger partial charge is 0.392 e. The third-order valence-corrected chi connectivity index (χ3v) is 2.55. The zero-order chi connectivity index (χ0) is 12.1. The maximum absolute atomic E-state index is 13.5. The molecule has 0 aliphatic rings. The normalized spacial score (nSPS) is 11.1. The minimum Gasteiger partial charge on any atom is -0.392 e. The van der Waals surface area contributed by atoms with Gasteiger partial charge >= 0.3 is 0 Å². The van der Waals surface area contributed by atoms with Gasteiger partial charge in [-0.25, -0.2) is 4.39 Å². The van der Waals surface area contributed by atoms with E-state index in [2.05, 4.69) is 0 Å². The molecule has 0 aliphatic carbocycles. The van der Waals surface area contributed by atoms with Gasteiger partial charge in [-0.3, -0.25) is 4.90 Å². The third kappa shape index (κ3) is 3.87. The Morgan fingerprint density at radius 1 is 1.44 bits per heavy atom. The van der Waals surface area contributed by atoms with Crippen molar-refractivity contribution in [2.24, 2.45) is 5.73 Å². The predicted octanol–water partition coefficient (Wildman–Crippen LogP) is 2.32. The molecule has 1 aromatic carbocycles. The first kappa shape index (κ1) is 13.1. The molecular formula is C12H17FN2S. The number of halogens is 1. The minimum absolute atomic E-state index is 0.184. The van der Waals surface area contributed by atoms with E-state index in [1.54, 1.807) is 12.1 Å². The van der Waals surface area contributed by atoms with Crippen LogP contribution in [-0.2, 0) is 6.54 Å². The van der Waals surface area contributed by atoms with Gasteiger partial charge in [-0.2, -0.15) is 0 Å². The highest BCUT2D eigenvalue weighted by Crippen LogP contribution is 2.11. The second kappa shape index (κ2) is 5.92. The Kier molecular flexibility index (Phi) is 4.83. The molecule has 0 radical (unpaired) electrons. The number of hydrogen-bond acceptors (Lipinski definition) is 2. The summed E-state index contributed by atoms with van der Waals surface area (Å²) in [5.74, 6) is -0.184. The summed E-state index contributed by atoms with van der Waals surface area (Å²) in [6.07, 6.45) is 0. The van der Waals surface area contributed by atoms with E-state index >= 15 is 0 Å². The average Bonchev–Trinajstić information content (AvgIpc) is 2.19. The first-order chi connectivity index (χ1) is 7.50. The van der Waals surface area contributed by atoms with E-state index in [0.717, 1.165) is 0 Å². The lowest BCUT2D eigenvalue weighted by molar-refractivity contribution is 0.242. The zero-order valence-corrected chi connectivity index (χ0v) is 10.4. The number of nitrogens with two attached hydrogens (primary N) is 1. The maximum atomic E-state index is 13.5. The van der Waals surface area contributed by atoms with Crippen molar-refractivity contribution in [3.05, 3.63) is 35.6 Å². The number of thiocarbonyl (C=S) groups is 1. The van der Waals surface area contributed by atoms with Gasteiger partial charge in [0, 0.05) is 24.7 Å². The molecule has 2 N–H and O–H groups in total. The highest BCUT2D eigenvalue weighted by Gasteiger charge is 2.12. The van der Waals surface area contributed by atoms with Crippen molar-refractivity contribution < 1.29 is 4.39 Å². The van der Waals surface area contributed by atoms with Gasteiger partial charge in [0.2, 0.25) is 0 Å². The lowest BCUT2D eigenvalue weighted by Gasteiger charge is -2.26. The molecule has 16 heavy (non-hydrogen) atoms. The molecule has 0 aliphatic heterocycles. The second-order valence-electron chi connectivity index (χ2n) is 4.06. The average molecular weight is 240 g/mol. The lowest BCUT2D eigenvalue weighted by atomic mass is 10.2. The Morgan fingerprint density at radius 3 is 2.56 bits per heavy atom. The molecule has 0 saturated heterocycles. The highest BCUT2D eigenvalue weighted by atomic mass is 32.1. The smallest absolute Gasteiger partial charge is 0.127 e. The fourth-order valence-corrected chi connectivity index (χ4v) is 1.63. The third-order valence-electron chi connectivity index (χ3n) is 2.42. The number of rotatable bonds is 5. The van der Waals surface area contributed by atoms with Crippen LogP contribution in [0.5, 0.6) is 0 Å². The van der Waals surface area contributed by atoms with Crippen LogP contribution >= 0.6 is 12.2 Å². The molecule has 0 aromatic heterocycles. The van der Waals surface area contributed by atoms with Crippen molar-refractivity contribution in [1.82, 2.24) is 4.90 Å². The van der Waals surface area contributed by atoms with Crippen LogP contribution in [0.4, 0.5) is 4.39 Å². The summed E-state index contributed by atoms with van der Waals surface area (Å²) in [6.45, 7) is 5.13. The summed E-state index contributed by atoms with van der Waals surface area (Å²) in [5, 5.41) is 0. The summed E-state index contributed by atoms with van der Waals surface area (Å²) in [4.78, 5) is 2.48. The highest BCUT2D eigenvalue weighted by molar-refractivity contribution is 7.80. The summed E-state index contributed by atoms with van der Waals surface area (Å²) >= 11 is 4.88. The first-order valence-corrected chi connectivity index (χ1v) is 5.67. The summed E-state index contributed by atoms with van der Waals surface area (Å²) in [6, 6.07) is 7.05. The Bertz CT molecular complexity index is 366. The minimum atomic E-state index is -0.184. The van der Waals surface area contributed by atoms with Crippen LogP contribution in [0.1, 0.15) is 19.4 Å². The van der Waals surface area contributed by atoms with Gasteiger partial charge in [0.15, 0.2) is 0 Å². The Balaban J connectivity index is 2.76. The van der Waals surface area contributed by atoms with Crippen molar-refractivity contribution in [2.75, 3.05) is 6.54 Å². The van der Waals surface area contributed by atoms with Crippen molar-refractivity contribution in [1.29, 1.82) is 0 Å². The van der Waals surface area contributed by atoms with Gasteiger partial charge in [0.05, 0.1) is 4.99 Å². The van der Waals surface area contributed by atoms with E-state index in [1.807, 2.05) is 24.8 Å². The van der Waals surface area contributed by atoms with Crippen LogP contribution in [0.25, 0.3) is 0 Å². The van der Waals surface area contributed by atoms with Gasteiger partial charge in [0.1, 0.15) is 5.82 Å². The number of hydrogen-bond donors (Lipinski definition) is 1. The fourth-order valence-electron chi connectivity index (χ4n) is 1.47. The van der Waals surface area contributed by atoms with Crippen molar-refractivity contribution in [2.45, 2.75) is 26.4 Å². The molecule has 4 heteroatoms. The van der Waals surface area contributed by atoms with E-state index in [4.69, 9.17) is 18.0 Å². The number of nitrogens with zero attached hydrogens (tertiary/aromatic N) is 1. The Labute approximate surface area is 101 Å². The van der Waals surface area contributed by atoms with Crippen LogP contribution in [0.15, 0.2) is 24.3 Å². The first-order valence-electron chi connectivity index (χ1n) is 5.26. The SMILES string of the molecule is CC(C)N(CC(N)=S)Cc1ccccc1F. The van der Waals surface area contributed by atoms with Gasteiger partial charge < -0.3 is 5.73 Å². The topological polar surface area (TPSA) is 29.3 Å². The van der Waals surface area contributed by atoms with Crippen LogP contribution in [0.3, 0.4) is 0 Å². The van der Waals surface area contributed by atoms with Gasteiger partial charge in [0.25, 0.3) is 0 Å². The Hall–Kier alpha value is -1.00. The van der Waals surface area contributed by atoms with Crippen LogP contribution < -0.4 is 5.73 Å².